The molecular formula is C15H20N4O3. The van der Waals surface area contributed by atoms with Crippen molar-refractivity contribution >= 4 is 5.82 Å². The lowest BCUT2D eigenvalue weighted by Gasteiger charge is -2.11. The number of aromatic nitrogens is 3. The summed E-state index contributed by atoms with van der Waals surface area (Å²) in [7, 11) is 4.57. The van der Waals surface area contributed by atoms with Crippen molar-refractivity contribution in [1.29, 1.82) is 0 Å². The van der Waals surface area contributed by atoms with E-state index in [-0.39, 0.29) is 5.82 Å². The molecule has 0 saturated carbocycles. The van der Waals surface area contributed by atoms with E-state index in [2.05, 4.69) is 10.4 Å². The molecule has 2 rings (SSSR count). The Balaban J connectivity index is 2.14. The van der Waals surface area contributed by atoms with Gasteiger partial charge in [-0.05, 0) is 25.0 Å². The lowest BCUT2D eigenvalue weighted by molar-refractivity contribution is 0.410. The number of hydrogen-bond donors (Lipinski definition) is 1. The van der Waals surface area contributed by atoms with Crippen molar-refractivity contribution < 1.29 is 4.74 Å². The highest BCUT2D eigenvalue weighted by Crippen LogP contribution is 2.19. The molecule has 0 unspecified atom stereocenters. The van der Waals surface area contributed by atoms with Gasteiger partial charge in [0, 0.05) is 20.6 Å². The summed E-state index contributed by atoms with van der Waals surface area (Å²) in [5.41, 5.74) is 1.32. The molecule has 1 heterocycles. The van der Waals surface area contributed by atoms with Crippen LogP contribution in [-0.2, 0) is 20.5 Å². The molecule has 0 fully saturated rings. The molecule has 0 radical (unpaired) electrons. The van der Waals surface area contributed by atoms with Crippen LogP contribution in [0.3, 0.4) is 0 Å². The van der Waals surface area contributed by atoms with Gasteiger partial charge in [-0.2, -0.15) is 0 Å². The van der Waals surface area contributed by atoms with Gasteiger partial charge in [-0.1, -0.05) is 17.7 Å². The molecule has 0 atom stereocenters. The maximum Gasteiger partial charge on any atom is 0.346 e. The number of aryl methyl sites for hydroxylation is 2. The fourth-order valence-electron chi connectivity index (χ4n) is 2.23. The van der Waals surface area contributed by atoms with Crippen molar-refractivity contribution in [2.24, 2.45) is 14.1 Å². The van der Waals surface area contributed by atoms with Crippen molar-refractivity contribution in [2.45, 2.75) is 13.3 Å². The lowest BCUT2D eigenvalue weighted by atomic mass is 10.1. The molecule has 0 saturated heterocycles. The van der Waals surface area contributed by atoms with E-state index in [4.69, 9.17) is 4.74 Å². The zero-order valence-corrected chi connectivity index (χ0v) is 13.2. The quantitative estimate of drug-likeness (QED) is 0.868. The first-order valence-electron chi connectivity index (χ1n) is 6.95. The van der Waals surface area contributed by atoms with Crippen molar-refractivity contribution in [3.05, 3.63) is 50.2 Å². The van der Waals surface area contributed by atoms with E-state index in [0.29, 0.717) is 13.0 Å². The molecule has 0 aliphatic heterocycles. The second-order valence-electron chi connectivity index (χ2n) is 5.11. The Labute approximate surface area is 128 Å². The number of nitrogens with zero attached hydrogens (tertiary/aromatic N) is 3. The Bertz CT molecular complexity index is 792. The molecule has 0 spiro atoms. The monoisotopic (exact) mass is 304 g/mol. The summed E-state index contributed by atoms with van der Waals surface area (Å²) in [6.45, 7) is 2.53. The third-order valence-corrected chi connectivity index (χ3v) is 3.44. The number of hydrogen-bond acceptors (Lipinski definition) is 5. The van der Waals surface area contributed by atoms with Gasteiger partial charge in [-0.15, -0.1) is 5.10 Å². The zero-order chi connectivity index (χ0) is 16.3. The molecule has 22 heavy (non-hydrogen) atoms. The molecule has 7 heteroatoms. The molecule has 1 N–H and O–H groups in total. The Hall–Kier alpha value is -2.57. The average molecular weight is 304 g/mol. The molecule has 0 aliphatic carbocycles. The van der Waals surface area contributed by atoms with Crippen LogP contribution in [-0.4, -0.2) is 28.0 Å². The fraction of sp³-hybridized carbons (Fsp3) is 0.400. The average Bonchev–Trinajstić information content (AvgIpc) is 2.50. The van der Waals surface area contributed by atoms with Gasteiger partial charge in [0.05, 0.1) is 7.11 Å². The maximum atomic E-state index is 12.0. The van der Waals surface area contributed by atoms with Crippen LogP contribution in [0.15, 0.2) is 27.8 Å². The summed E-state index contributed by atoms with van der Waals surface area (Å²) in [5.74, 6) is 0.977. The van der Waals surface area contributed by atoms with Gasteiger partial charge < -0.3 is 10.1 Å². The minimum Gasteiger partial charge on any atom is -0.496 e. The summed E-state index contributed by atoms with van der Waals surface area (Å²) >= 11 is 0. The first-order valence-corrected chi connectivity index (χ1v) is 6.95. The standard InChI is InChI=1S/C15H20N4O3/c1-10-5-6-12(22-4)11(9-10)7-8-16-13-14(20)18(2)15(21)19(3)17-13/h5-6,9H,7-8H2,1-4H3,(H,16,17). The Morgan fingerprint density at radius 1 is 1.27 bits per heavy atom. The second kappa shape index (κ2) is 6.46. The molecule has 0 aliphatic rings. The van der Waals surface area contributed by atoms with E-state index >= 15 is 0 Å². The molecule has 2 aromatic rings. The number of methoxy groups -OCH3 is 1. The molecule has 1 aromatic carbocycles. The van der Waals surface area contributed by atoms with Crippen LogP contribution < -0.4 is 21.3 Å². The highest BCUT2D eigenvalue weighted by atomic mass is 16.5. The Morgan fingerprint density at radius 3 is 2.68 bits per heavy atom. The number of rotatable bonds is 5. The van der Waals surface area contributed by atoms with Crippen molar-refractivity contribution in [3.63, 3.8) is 0 Å². The molecular weight excluding hydrogens is 284 g/mol. The fourth-order valence-corrected chi connectivity index (χ4v) is 2.23. The lowest BCUT2D eigenvalue weighted by Crippen LogP contribution is -2.40. The van der Waals surface area contributed by atoms with Crippen LogP contribution in [0.2, 0.25) is 0 Å². The van der Waals surface area contributed by atoms with Crippen molar-refractivity contribution in [2.75, 3.05) is 19.0 Å². The predicted molar refractivity (Wildman–Crippen MR) is 84.6 cm³/mol. The molecule has 118 valence electrons. The summed E-state index contributed by atoms with van der Waals surface area (Å²) in [5, 5.41) is 6.93. The van der Waals surface area contributed by atoms with E-state index in [1.54, 1.807) is 7.11 Å². The Kier molecular flexibility index (Phi) is 4.65. The van der Waals surface area contributed by atoms with Crippen LogP contribution in [0.25, 0.3) is 0 Å². The summed E-state index contributed by atoms with van der Waals surface area (Å²) in [4.78, 5) is 23.5. The van der Waals surface area contributed by atoms with Gasteiger partial charge in [0.2, 0.25) is 5.82 Å². The van der Waals surface area contributed by atoms with Gasteiger partial charge in [0.25, 0.3) is 5.56 Å². The summed E-state index contributed by atoms with van der Waals surface area (Å²) in [6.07, 6.45) is 0.679. The maximum absolute atomic E-state index is 12.0. The van der Waals surface area contributed by atoms with Crippen LogP contribution >= 0.6 is 0 Å². The summed E-state index contributed by atoms with van der Waals surface area (Å²) < 4.78 is 7.49. The third-order valence-electron chi connectivity index (χ3n) is 3.44. The third kappa shape index (κ3) is 3.19. The van der Waals surface area contributed by atoms with Gasteiger partial charge in [0.15, 0.2) is 0 Å². The highest BCUT2D eigenvalue weighted by molar-refractivity contribution is 5.38. The minimum atomic E-state index is -0.448. The van der Waals surface area contributed by atoms with Crippen LogP contribution in [0.5, 0.6) is 5.75 Å². The topological polar surface area (TPSA) is 78.2 Å². The smallest absolute Gasteiger partial charge is 0.346 e. The zero-order valence-electron chi connectivity index (χ0n) is 13.2. The summed E-state index contributed by atoms with van der Waals surface area (Å²) in [6, 6.07) is 5.96. The second-order valence-corrected chi connectivity index (χ2v) is 5.11. The van der Waals surface area contributed by atoms with Crippen LogP contribution in [0.1, 0.15) is 11.1 Å². The van der Waals surface area contributed by atoms with E-state index in [0.717, 1.165) is 26.1 Å². The van der Waals surface area contributed by atoms with Gasteiger partial charge >= 0.3 is 5.69 Å². The van der Waals surface area contributed by atoms with Crippen LogP contribution in [0, 0.1) is 6.92 Å². The van der Waals surface area contributed by atoms with Crippen LogP contribution in [0.4, 0.5) is 5.82 Å². The first-order chi connectivity index (χ1) is 10.4. The van der Waals surface area contributed by atoms with Gasteiger partial charge in [0.1, 0.15) is 5.75 Å². The van der Waals surface area contributed by atoms with Crippen molar-refractivity contribution in [1.82, 2.24) is 14.3 Å². The van der Waals surface area contributed by atoms with Gasteiger partial charge in [-0.3, -0.25) is 9.36 Å². The molecule has 7 nitrogen and oxygen atoms in total. The SMILES string of the molecule is COc1ccc(C)cc1CCNc1nn(C)c(=O)n(C)c1=O. The van der Waals surface area contributed by atoms with E-state index in [1.165, 1.54) is 14.1 Å². The number of nitrogens with one attached hydrogen (secondary N) is 1. The number of ether oxygens (including phenoxy) is 1. The molecule has 0 bridgehead atoms. The molecule has 0 amide bonds. The normalized spacial score (nSPS) is 10.5. The Morgan fingerprint density at radius 2 is 2.00 bits per heavy atom. The number of anilines is 1. The highest BCUT2D eigenvalue weighted by Gasteiger charge is 2.09. The largest absolute Gasteiger partial charge is 0.496 e. The molecule has 1 aromatic heterocycles. The minimum absolute atomic E-state index is 0.163. The van der Waals surface area contributed by atoms with E-state index in [9.17, 15) is 9.59 Å². The van der Waals surface area contributed by atoms with E-state index in [1.807, 2.05) is 25.1 Å². The number of benzene rings is 1. The van der Waals surface area contributed by atoms with Gasteiger partial charge in [-0.25, -0.2) is 9.48 Å². The van der Waals surface area contributed by atoms with E-state index < -0.39 is 11.2 Å². The predicted octanol–water partition coefficient (Wildman–Crippen LogP) is 0.451. The first kappa shape index (κ1) is 15.8. The van der Waals surface area contributed by atoms with Crippen molar-refractivity contribution in [3.8, 4) is 5.75 Å².